The third-order valence-corrected chi connectivity index (χ3v) is 4.05. The molecule has 132 valence electrons. The Bertz CT molecular complexity index is 241. The lowest BCUT2D eigenvalue weighted by atomic mass is 10.0. The summed E-state index contributed by atoms with van der Waals surface area (Å²) in [6.07, 6.45) is 16.5. The second kappa shape index (κ2) is 16.8. The topological polar surface area (TPSA) is 35.5 Å². The van der Waals surface area contributed by atoms with Crippen LogP contribution in [-0.2, 0) is 14.3 Å². The first-order valence-electron chi connectivity index (χ1n) is 9.43. The Morgan fingerprint density at radius 1 is 0.773 bits per heavy atom. The van der Waals surface area contributed by atoms with Crippen molar-refractivity contribution in [3.8, 4) is 0 Å². The highest BCUT2D eigenvalue weighted by Gasteiger charge is 2.13. The van der Waals surface area contributed by atoms with Crippen molar-refractivity contribution in [2.24, 2.45) is 0 Å². The summed E-state index contributed by atoms with van der Waals surface area (Å²) < 4.78 is 10.3. The zero-order chi connectivity index (χ0) is 16.5. The second-order valence-corrected chi connectivity index (χ2v) is 6.30. The molecule has 0 saturated heterocycles. The molecule has 0 aromatic carbocycles. The highest BCUT2D eigenvalue weighted by atomic mass is 16.6. The molecule has 0 amide bonds. The number of ether oxygens (including phenoxy) is 2. The Morgan fingerprint density at radius 2 is 1.32 bits per heavy atom. The minimum absolute atomic E-state index is 0.0677. The lowest BCUT2D eigenvalue weighted by Gasteiger charge is -2.17. The van der Waals surface area contributed by atoms with Crippen LogP contribution < -0.4 is 0 Å². The van der Waals surface area contributed by atoms with Crippen LogP contribution in [0.15, 0.2) is 0 Å². The highest BCUT2D eigenvalue weighted by Crippen LogP contribution is 2.15. The van der Waals surface area contributed by atoms with Crippen LogP contribution in [0.1, 0.15) is 97.3 Å². The maximum atomic E-state index is 11.5. The van der Waals surface area contributed by atoms with Crippen molar-refractivity contribution in [2.75, 3.05) is 13.7 Å². The van der Waals surface area contributed by atoms with Crippen LogP contribution in [0, 0.1) is 0 Å². The molecule has 0 saturated carbocycles. The number of unbranched alkanes of at least 4 members (excludes halogenated alkanes) is 9. The second-order valence-electron chi connectivity index (χ2n) is 6.30. The lowest BCUT2D eigenvalue weighted by Crippen LogP contribution is -2.21. The normalized spacial score (nSPS) is 12.3. The van der Waals surface area contributed by atoms with E-state index in [9.17, 15) is 4.79 Å². The maximum absolute atomic E-state index is 11.5. The molecule has 3 nitrogen and oxygen atoms in total. The molecule has 0 heterocycles. The number of rotatable bonds is 16. The molecule has 0 N–H and O–H groups in total. The Labute approximate surface area is 138 Å². The summed E-state index contributed by atoms with van der Waals surface area (Å²) in [4.78, 5) is 11.5. The molecule has 0 rings (SSSR count). The fourth-order valence-corrected chi connectivity index (χ4v) is 2.78. The van der Waals surface area contributed by atoms with Gasteiger partial charge in [0.1, 0.15) is 12.7 Å². The van der Waals surface area contributed by atoms with E-state index in [1.165, 1.54) is 71.3 Å². The van der Waals surface area contributed by atoms with Gasteiger partial charge in [0.15, 0.2) is 0 Å². The van der Waals surface area contributed by atoms with Crippen LogP contribution in [0.2, 0.25) is 0 Å². The number of carbonyl (C=O) groups excluding carboxylic acids is 1. The van der Waals surface area contributed by atoms with Crippen molar-refractivity contribution in [3.63, 3.8) is 0 Å². The van der Waals surface area contributed by atoms with Crippen LogP contribution in [0.5, 0.6) is 0 Å². The average molecular weight is 315 g/mol. The van der Waals surface area contributed by atoms with Crippen molar-refractivity contribution in [1.29, 1.82) is 0 Å². The number of esters is 1. The van der Waals surface area contributed by atoms with E-state index in [1.807, 2.05) is 0 Å². The number of hydrogen-bond donors (Lipinski definition) is 0. The van der Waals surface area contributed by atoms with Gasteiger partial charge in [0.2, 0.25) is 0 Å². The third kappa shape index (κ3) is 14.4. The van der Waals surface area contributed by atoms with E-state index < -0.39 is 0 Å². The SMILES string of the molecule is CCCCCCCCCCCCC(CCC)OC(=O)COC. The molecule has 0 aliphatic rings. The largest absolute Gasteiger partial charge is 0.461 e. The van der Waals surface area contributed by atoms with Gasteiger partial charge >= 0.3 is 5.97 Å². The third-order valence-electron chi connectivity index (χ3n) is 4.05. The van der Waals surface area contributed by atoms with Crippen LogP contribution in [0.25, 0.3) is 0 Å². The van der Waals surface area contributed by atoms with Gasteiger partial charge in [0.05, 0.1) is 0 Å². The monoisotopic (exact) mass is 314 g/mol. The molecule has 3 heteroatoms. The summed E-state index contributed by atoms with van der Waals surface area (Å²) in [7, 11) is 1.53. The summed E-state index contributed by atoms with van der Waals surface area (Å²) in [5.41, 5.74) is 0. The van der Waals surface area contributed by atoms with Gasteiger partial charge in [-0.15, -0.1) is 0 Å². The van der Waals surface area contributed by atoms with Gasteiger partial charge in [0, 0.05) is 7.11 Å². The Morgan fingerprint density at radius 3 is 1.82 bits per heavy atom. The van der Waals surface area contributed by atoms with E-state index in [0.29, 0.717) is 0 Å². The number of methoxy groups -OCH3 is 1. The number of hydrogen-bond acceptors (Lipinski definition) is 3. The Balaban J connectivity index is 3.49. The van der Waals surface area contributed by atoms with Crippen molar-refractivity contribution in [3.05, 3.63) is 0 Å². The van der Waals surface area contributed by atoms with E-state index >= 15 is 0 Å². The van der Waals surface area contributed by atoms with Gasteiger partial charge in [-0.3, -0.25) is 0 Å². The molecule has 0 aliphatic heterocycles. The molecule has 0 aromatic heterocycles. The fraction of sp³-hybridized carbons (Fsp3) is 0.947. The van der Waals surface area contributed by atoms with Gasteiger partial charge in [-0.05, 0) is 19.3 Å². The van der Waals surface area contributed by atoms with Crippen LogP contribution in [0.3, 0.4) is 0 Å². The molecule has 0 aromatic rings. The van der Waals surface area contributed by atoms with Crippen molar-refractivity contribution < 1.29 is 14.3 Å². The van der Waals surface area contributed by atoms with Crippen molar-refractivity contribution in [1.82, 2.24) is 0 Å². The first-order chi connectivity index (χ1) is 10.7. The molecule has 1 atom stereocenters. The molecule has 0 spiro atoms. The van der Waals surface area contributed by atoms with Gasteiger partial charge in [0.25, 0.3) is 0 Å². The molecule has 0 bridgehead atoms. The maximum Gasteiger partial charge on any atom is 0.332 e. The van der Waals surface area contributed by atoms with Gasteiger partial charge in [-0.2, -0.15) is 0 Å². The summed E-state index contributed by atoms with van der Waals surface area (Å²) in [5, 5.41) is 0. The standard InChI is InChI=1S/C19H38O3/c1-4-6-7-8-9-10-11-12-13-14-16-18(15-5-2)22-19(20)17-21-3/h18H,4-17H2,1-3H3. The Kier molecular flexibility index (Phi) is 16.4. The highest BCUT2D eigenvalue weighted by molar-refractivity contribution is 5.70. The molecular formula is C19H38O3. The minimum atomic E-state index is -0.229. The van der Waals surface area contributed by atoms with Gasteiger partial charge in [-0.1, -0.05) is 78.1 Å². The molecule has 0 aliphatic carbocycles. The quantitative estimate of drug-likeness (QED) is 0.272. The van der Waals surface area contributed by atoms with E-state index in [1.54, 1.807) is 0 Å². The predicted molar refractivity (Wildman–Crippen MR) is 93.1 cm³/mol. The summed E-state index contributed by atoms with van der Waals surface area (Å²) >= 11 is 0. The smallest absolute Gasteiger partial charge is 0.332 e. The van der Waals surface area contributed by atoms with Crippen LogP contribution >= 0.6 is 0 Å². The molecule has 22 heavy (non-hydrogen) atoms. The van der Waals surface area contributed by atoms with Crippen LogP contribution in [-0.4, -0.2) is 25.8 Å². The first-order valence-corrected chi connectivity index (χ1v) is 9.43. The van der Waals surface area contributed by atoms with Gasteiger partial charge < -0.3 is 9.47 Å². The molecular weight excluding hydrogens is 276 g/mol. The number of carbonyl (C=O) groups is 1. The zero-order valence-electron chi connectivity index (χ0n) is 15.2. The van der Waals surface area contributed by atoms with E-state index in [-0.39, 0.29) is 18.7 Å². The van der Waals surface area contributed by atoms with Crippen LogP contribution in [0.4, 0.5) is 0 Å². The molecule has 0 radical (unpaired) electrons. The van der Waals surface area contributed by atoms with Gasteiger partial charge in [-0.25, -0.2) is 4.79 Å². The fourth-order valence-electron chi connectivity index (χ4n) is 2.78. The summed E-state index contributed by atoms with van der Waals surface area (Å²) in [6.45, 7) is 4.46. The molecule has 0 fully saturated rings. The van der Waals surface area contributed by atoms with E-state index in [0.717, 1.165) is 19.3 Å². The van der Waals surface area contributed by atoms with E-state index in [4.69, 9.17) is 9.47 Å². The summed E-state index contributed by atoms with van der Waals surface area (Å²) in [5.74, 6) is -0.229. The first kappa shape index (κ1) is 21.4. The predicted octanol–water partition coefficient (Wildman–Crippen LogP) is 5.66. The zero-order valence-corrected chi connectivity index (χ0v) is 15.2. The Hall–Kier alpha value is -0.570. The average Bonchev–Trinajstić information content (AvgIpc) is 2.49. The van der Waals surface area contributed by atoms with Crippen molar-refractivity contribution >= 4 is 5.97 Å². The lowest BCUT2D eigenvalue weighted by molar-refractivity contribution is -0.154. The minimum Gasteiger partial charge on any atom is -0.461 e. The summed E-state index contributed by atoms with van der Waals surface area (Å²) in [6, 6.07) is 0. The van der Waals surface area contributed by atoms with E-state index in [2.05, 4.69) is 13.8 Å². The van der Waals surface area contributed by atoms with Crippen molar-refractivity contribution in [2.45, 2.75) is 103 Å². The molecule has 1 unspecified atom stereocenters.